The number of piperidine rings is 1. The standard InChI is InChI=1S/C16H20ClFN2O/c17-13-6-1-5-12(15(13)18)16(21)20-9-3-4-11(10-20)14-7-2-8-19-14/h1,5-6,11,14,19H,2-4,7-10H2. The largest absolute Gasteiger partial charge is 0.338 e. The van der Waals surface area contributed by atoms with Gasteiger partial charge in [-0.3, -0.25) is 4.79 Å². The molecule has 21 heavy (non-hydrogen) atoms. The third-order valence-corrected chi connectivity index (χ3v) is 4.89. The highest BCUT2D eigenvalue weighted by molar-refractivity contribution is 6.31. The Bertz CT molecular complexity index is 531. The molecular weight excluding hydrogens is 291 g/mol. The highest BCUT2D eigenvalue weighted by atomic mass is 35.5. The van der Waals surface area contributed by atoms with Crippen LogP contribution in [0, 0.1) is 11.7 Å². The Morgan fingerprint density at radius 1 is 1.33 bits per heavy atom. The fraction of sp³-hybridized carbons (Fsp3) is 0.562. The summed E-state index contributed by atoms with van der Waals surface area (Å²) >= 11 is 5.77. The van der Waals surface area contributed by atoms with E-state index in [-0.39, 0.29) is 16.5 Å². The predicted molar refractivity (Wildman–Crippen MR) is 81.1 cm³/mol. The monoisotopic (exact) mass is 310 g/mol. The van der Waals surface area contributed by atoms with E-state index in [9.17, 15) is 9.18 Å². The number of hydrogen-bond acceptors (Lipinski definition) is 2. The van der Waals surface area contributed by atoms with Crippen LogP contribution in [-0.2, 0) is 0 Å². The Morgan fingerprint density at radius 2 is 2.19 bits per heavy atom. The lowest BCUT2D eigenvalue weighted by atomic mass is 9.89. The van der Waals surface area contributed by atoms with Crippen LogP contribution in [-0.4, -0.2) is 36.5 Å². The van der Waals surface area contributed by atoms with Crippen LogP contribution in [0.5, 0.6) is 0 Å². The summed E-state index contributed by atoms with van der Waals surface area (Å²) in [5, 5.41) is 3.52. The molecular formula is C16H20ClFN2O. The van der Waals surface area contributed by atoms with Gasteiger partial charge in [-0.15, -0.1) is 0 Å². The van der Waals surface area contributed by atoms with Crippen molar-refractivity contribution in [2.24, 2.45) is 5.92 Å². The Kier molecular flexibility index (Phi) is 4.45. The lowest BCUT2D eigenvalue weighted by Crippen LogP contribution is -2.46. The first-order valence-corrected chi connectivity index (χ1v) is 8.01. The topological polar surface area (TPSA) is 32.3 Å². The van der Waals surface area contributed by atoms with Gasteiger partial charge in [0.2, 0.25) is 0 Å². The molecule has 0 saturated carbocycles. The van der Waals surface area contributed by atoms with Gasteiger partial charge >= 0.3 is 0 Å². The third kappa shape index (κ3) is 3.06. The SMILES string of the molecule is O=C(c1cccc(Cl)c1F)N1CCCC(C2CCCN2)C1. The zero-order valence-corrected chi connectivity index (χ0v) is 12.7. The lowest BCUT2D eigenvalue weighted by Gasteiger charge is -2.36. The maximum absolute atomic E-state index is 14.0. The van der Waals surface area contributed by atoms with Crippen molar-refractivity contribution in [3.05, 3.63) is 34.6 Å². The van der Waals surface area contributed by atoms with Crippen molar-refractivity contribution in [3.8, 4) is 0 Å². The van der Waals surface area contributed by atoms with E-state index in [1.807, 2.05) is 0 Å². The van der Waals surface area contributed by atoms with Crippen molar-refractivity contribution < 1.29 is 9.18 Å². The van der Waals surface area contributed by atoms with E-state index in [0.29, 0.717) is 25.0 Å². The Labute approximate surface area is 129 Å². The lowest BCUT2D eigenvalue weighted by molar-refractivity contribution is 0.0646. The Morgan fingerprint density at radius 3 is 2.95 bits per heavy atom. The molecule has 2 aliphatic rings. The molecule has 1 amide bonds. The number of benzene rings is 1. The molecule has 2 atom stereocenters. The molecule has 2 unspecified atom stereocenters. The van der Waals surface area contributed by atoms with Crippen LogP contribution in [0.2, 0.25) is 5.02 Å². The van der Waals surface area contributed by atoms with Crippen molar-refractivity contribution in [1.29, 1.82) is 0 Å². The van der Waals surface area contributed by atoms with E-state index in [1.165, 1.54) is 25.0 Å². The fourth-order valence-corrected chi connectivity index (χ4v) is 3.65. The van der Waals surface area contributed by atoms with Crippen molar-refractivity contribution in [3.63, 3.8) is 0 Å². The minimum atomic E-state index is -0.606. The second-order valence-corrected chi connectivity index (χ2v) is 6.36. The summed E-state index contributed by atoms with van der Waals surface area (Å²) < 4.78 is 14.0. The van der Waals surface area contributed by atoms with E-state index in [1.54, 1.807) is 11.0 Å². The number of hydrogen-bond donors (Lipinski definition) is 1. The van der Waals surface area contributed by atoms with Gasteiger partial charge in [-0.25, -0.2) is 4.39 Å². The van der Waals surface area contributed by atoms with Gasteiger partial charge in [-0.2, -0.15) is 0 Å². The molecule has 3 nitrogen and oxygen atoms in total. The molecule has 0 spiro atoms. The van der Waals surface area contributed by atoms with E-state index in [0.717, 1.165) is 19.4 Å². The predicted octanol–water partition coefficient (Wildman–Crippen LogP) is 3.08. The first-order valence-electron chi connectivity index (χ1n) is 7.63. The molecule has 0 aromatic heterocycles. The normalized spacial score (nSPS) is 26.1. The molecule has 1 aromatic rings. The number of amides is 1. The molecule has 2 fully saturated rings. The first kappa shape index (κ1) is 14.8. The maximum atomic E-state index is 14.0. The van der Waals surface area contributed by atoms with Gasteiger partial charge in [-0.1, -0.05) is 17.7 Å². The molecule has 5 heteroatoms. The molecule has 2 heterocycles. The summed E-state index contributed by atoms with van der Waals surface area (Å²) in [7, 11) is 0. The highest BCUT2D eigenvalue weighted by Gasteiger charge is 2.32. The summed E-state index contributed by atoms with van der Waals surface area (Å²) in [4.78, 5) is 14.3. The number of likely N-dealkylation sites (tertiary alicyclic amines) is 1. The van der Waals surface area contributed by atoms with Gasteiger partial charge in [0, 0.05) is 19.1 Å². The van der Waals surface area contributed by atoms with E-state index in [2.05, 4.69) is 5.32 Å². The summed E-state index contributed by atoms with van der Waals surface area (Å²) in [6.45, 7) is 2.48. The van der Waals surface area contributed by atoms with E-state index in [4.69, 9.17) is 11.6 Å². The smallest absolute Gasteiger partial charge is 0.256 e. The minimum Gasteiger partial charge on any atom is -0.338 e. The van der Waals surface area contributed by atoms with Gasteiger partial charge in [0.05, 0.1) is 10.6 Å². The molecule has 1 aromatic carbocycles. The highest BCUT2D eigenvalue weighted by Crippen LogP contribution is 2.27. The molecule has 0 bridgehead atoms. The fourth-order valence-electron chi connectivity index (χ4n) is 3.48. The van der Waals surface area contributed by atoms with Gasteiger partial charge in [-0.05, 0) is 50.3 Å². The van der Waals surface area contributed by atoms with Crippen molar-refractivity contribution in [2.45, 2.75) is 31.7 Å². The minimum absolute atomic E-state index is 0.00636. The molecule has 114 valence electrons. The summed E-state index contributed by atoms with van der Waals surface area (Å²) in [6, 6.07) is 5.11. The molecule has 0 aliphatic carbocycles. The number of nitrogens with zero attached hydrogens (tertiary/aromatic N) is 1. The van der Waals surface area contributed by atoms with Crippen LogP contribution < -0.4 is 5.32 Å². The Balaban J connectivity index is 1.73. The molecule has 2 aliphatic heterocycles. The molecule has 2 saturated heterocycles. The van der Waals surface area contributed by atoms with E-state index >= 15 is 0 Å². The van der Waals surface area contributed by atoms with Gasteiger partial charge < -0.3 is 10.2 Å². The van der Waals surface area contributed by atoms with Crippen LogP contribution in [0.1, 0.15) is 36.0 Å². The van der Waals surface area contributed by atoms with Gasteiger partial charge in [0.25, 0.3) is 5.91 Å². The molecule has 0 radical (unpaired) electrons. The summed E-state index contributed by atoms with van der Waals surface area (Å²) in [6.07, 6.45) is 4.51. The molecule has 3 rings (SSSR count). The second kappa shape index (κ2) is 6.32. The first-order chi connectivity index (χ1) is 10.2. The van der Waals surface area contributed by atoms with Crippen LogP contribution in [0.3, 0.4) is 0 Å². The van der Waals surface area contributed by atoms with Crippen LogP contribution >= 0.6 is 11.6 Å². The summed E-state index contributed by atoms with van der Waals surface area (Å²) in [5.74, 6) is -0.365. The van der Waals surface area contributed by atoms with Crippen LogP contribution in [0.15, 0.2) is 18.2 Å². The molecule has 1 N–H and O–H groups in total. The maximum Gasteiger partial charge on any atom is 0.256 e. The van der Waals surface area contributed by atoms with Crippen molar-refractivity contribution in [1.82, 2.24) is 10.2 Å². The van der Waals surface area contributed by atoms with Crippen LogP contribution in [0.4, 0.5) is 4.39 Å². The van der Waals surface area contributed by atoms with E-state index < -0.39 is 5.82 Å². The number of carbonyl (C=O) groups excluding carboxylic acids is 1. The van der Waals surface area contributed by atoms with Gasteiger partial charge in [0.15, 0.2) is 5.82 Å². The third-order valence-electron chi connectivity index (χ3n) is 4.59. The number of halogens is 2. The second-order valence-electron chi connectivity index (χ2n) is 5.96. The van der Waals surface area contributed by atoms with Crippen molar-refractivity contribution >= 4 is 17.5 Å². The number of nitrogens with one attached hydrogen (secondary N) is 1. The summed E-state index contributed by atoms with van der Waals surface area (Å²) in [5.41, 5.74) is 0.0857. The zero-order valence-electron chi connectivity index (χ0n) is 11.9. The van der Waals surface area contributed by atoms with Gasteiger partial charge in [0.1, 0.15) is 0 Å². The zero-order chi connectivity index (χ0) is 14.8. The quantitative estimate of drug-likeness (QED) is 0.910. The average Bonchev–Trinajstić information content (AvgIpc) is 3.04. The average molecular weight is 311 g/mol. The Hall–Kier alpha value is -1.13. The van der Waals surface area contributed by atoms with Crippen molar-refractivity contribution in [2.75, 3.05) is 19.6 Å². The number of rotatable bonds is 2. The van der Waals surface area contributed by atoms with Crippen LogP contribution in [0.25, 0.3) is 0 Å². The number of carbonyl (C=O) groups is 1.